The number of ether oxygens (including phenoxy) is 1. The van der Waals surface area contributed by atoms with Crippen LogP contribution in [0, 0.1) is 12.1 Å². The number of allylic oxidation sites excluding steroid dienone is 2. The average Bonchev–Trinajstić information content (AvgIpc) is 3.31. The predicted molar refractivity (Wildman–Crippen MR) is 263 cm³/mol. The van der Waals surface area contributed by atoms with E-state index in [0.717, 1.165) is 29.2 Å². The molecule has 4 nitrogen and oxygen atoms in total. The fourth-order valence-electron chi connectivity index (χ4n) is 3.95. The van der Waals surface area contributed by atoms with Crippen LogP contribution in [-0.2, 0) is 99.2 Å². The summed E-state index contributed by atoms with van der Waals surface area (Å²) < 4.78 is 6.03. The molecule has 8 radical (unpaired) electrons. The first kappa shape index (κ1) is 72.4. The van der Waals surface area contributed by atoms with Crippen molar-refractivity contribution in [3.05, 3.63) is 191 Å². The van der Waals surface area contributed by atoms with E-state index in [2.05, 4.69) is 72.8 Å². The monoisotopic (exact) mass is 966 g/mol. The summed E-state index contributed by atoms with van der Waals surface area (Å²) in [6.45, 7) is 22.5. The average molecular weight is 966 g/mol. The van der Waals surface area contributed by atoms with Gasteiger partial charge >= 0.3 is 0 Å². The van der Waals surface area contributed by atoms with Gasteiger partial charge in [-0.25, -0.2) is 0 Å². The minimum absolute atomic E-state index is 0. The summed E-state index contributed by atoms with van der Waals surface area (Å²) in [6, 6.07) is 50.4. The number of aryl methyl sites for hydroxylation is 1. The summed E-state index contributed by atoms with van der Waals surface area (Å²) in [4.78, 5) is 21.5. The third-order valence-corrected chi connectivity index (χ3v) is 6.23. The minimum Gasteiger partial charge on any atom is -0.552 e. The molecule has 0 amide bonds. The van der Waals surface area contributed by atoms with Crippen molar-refractivity contribution in [1.82, 2.24) is 0 Å². The molecule has 0 heterocycles. The van der Waals surface area contributed by atoms with E-state index in [9.17, 15) is 9.59 Å². The Bertz CT molecular complexity index is 1640. The molecule has 0 aliphatic rings. The number of aliphatic hydroxyl groups is 1. The number of aliphatic hydroxyl groups excluding tert-OH is 1. The molecular formula is C51H68B4O4Y2-4. The summed E-state index contributed by atoms with van der Waals surface area (Å²) in [6.07, 6.45) is 5.46. The predicted octanol–water partition coefficient (Wildman–Crippen LogP) is 12.8. The van der Waals surface area contributed by atoms with Crippen LogP contribution in [0.5, 0.6) is 0 Å². The van der Waals surface area contributed by atoms with E-state index in [4.69, 9.17) is 9.84 Å². The quantitative estimate of drug-likeness (QED) is 0.0656. The van der Waals surface area contributed by atoms with E-state index in [-0.39, 0.29) is 78.6 Å². The molecule has 5 aromatic rings. The maximum absolute atomic E-state index is 11.7. The van der Waals surface area contributed by atoms with E-state index < -0.39 is 6.39 Å². The molecule has 0 aromatic heterocycles. The second-order valence-corrected chi connectivity index (χ2v) is 9.96. The van der Waals surface area contributed by atoms with E-state index in [1.807, 2.05) is 160 Å². The molecule has 0 fully saturated rings. The molecule has 5 aromatic carbocycles. The maximum Gasteiger partial charge on any atom is 0.101 e. The van der Waals surface area contributed by atoms with Gasteiger partial charge < -0.3 is 19.4 Å². The van der Waals surface area contributed by atoms with E-state index in [0.29, 0.717) is 29.9 Å². The number of benzene rings is 5. The van der Waals surface area contributed by atoms with E-state index in [1.165, 1.54) is 11.8 Å². The van der Waals surface area contributed by atoms with Crippen molar-refractivity contribution in [2.24, 2.45) is 0 Å². The summed E-state index contributed by atoms with van der Waals surface area (Å²) in [5.41, 5.74) is 5.24. The molecule has 5 rings (SSSR count). The van der Waals surface area contributed by atoms with Crippen LogP contribution >= 0.6 is 0 Å². The molecule has 1 N–H and O–H groups in total. The molecule has 0 bridgehead atoms. The van der Waals surface area contributed by atoms with Gasteiger partial charge in [-0.05, 0) is 35.8 Å². The van der Waals surface area contributed by atoms with Gasteiger partial charge in [0, 0.05) is 113 Å². The van der Waals surface area contributed by atoms with Gasteiger partial charge in [-0.3, -0.25) is 0 Å². The molecule has 318 valence electrons. The van der Waals surface area contributed by atoms with Gasteiger partial charge in [0.25, 0.3) is 0 Å². The molecular weight excluding hydrogens is 898 g/mol. The van der Waals surface area contributed by atoms with Crippen LogP contribution in [0.3, 0.4) is 0 Å². The van der Waals surface area contributed by atoms with Crippen LogP contribution < -0.4 is 0 Å². The zero-order chi connectivity index (χ0) is 44.8. The molecule has 0 spiro atoms. The smallest absolute Gasteiger partial charge is 0.101 e. The molecule has 0 atom stereocenters. The van der Waals surface area contributed by atoms with Crippen molar-refractivity contribution in [1.29, 1.82) is 0 Å². The molecule has 10 heteroatoms. The number of hydrogen-bond donors (Lipinski definition) is 1. The number of rotatable bonds is 10. The maximum atomic E-state index is 11.7. The van der Waals surface area contributed by atoms with Gasteiger partial charge in [-0.2, -0.15) is 0 Å². The van der Waals surface area contributed by atoms with Crippen LogP contribution in [0.1, 0.15) is 111 Å². The van der Waals surface area contributed by atoms with Gasteiger partial charge in [0.1, 0.15) is 6.61 Å². The molecule has 0 unspecified atom stereocenters. The third kappa shape index (κ3) is 40.8. The summed E-state index contributed by atoms with van der Waals surface area (Å²) in [7, 11) is 14.0. The van der Waals surface area contributed by atoms with Crippen molar-refractivity contribution < 1.29 is 84.9 Å². The zero-order valence-electron chi connectivity index (χ0n) is 38.1. The summed E-state index contributed by atoms with van der Waals surface area (Å²) in [5.74, 6) is 0.420. The second kappa shape index (κ2) is 57.0. The van der Waals surface area contributed by atoms with Gasteiger partial charge in [0.15, 0.2) is 0 Å². The largest absolute Gasteiger partial charge is 0.552 e. The van der Waals surface area contributed by atoms with Crippen LogP contribution in [0.2, 0.25) is 0 Å². The molecule has 0 aliphatic carbocycles. The third-order valence-electron chi connectivity index (χ3n) is 6.23. The van der Waals surface area contributed by atoms with Gasteiger partial charge in [-0.1, -0.05) is 180 Å². The summed E-state index contributed by atoms with van der Waals surface area (Å²) >= 11 is 0. The number of hydrogen-bond acceptors (Lipinski definition) is 4. The zero-order valence-corrected chi connectivity index (χ0v) is 43.8. The van der Waals surface area contributed by atoms with Gasteiger partial charge in [-0.15, -0.1) is 77.9 Å². The Morgan fingerprint density at radius 2 is 0.967 bits per heavy atom. The second-order valence-electron chi connectivity index (χ2n) is 9.96. The van der Waals surface area contributed by atoms with Crippen molar-refractivity contribution in [3.63, 3.8) is 0 Å². The Hall–Kier alpha value is -3.01. The Morgan fingerprint density at radius 1 is 0.607 bits per heavy atom. The fourth-order valence-corrected chi connectivity index (χ4v) is 3.95. The Kier molecular flexibility index (Phi) is 67.7. The molecule has 0 aliphatic heterocycles. The molecule has 61 heavy (non-hydrogen) atoms. The van der Waals surface area contributed by atoms with Crippen LogP contribution in [0.4, 0.5) is 0 Å². The van der Waals surface area contributed by atoms with Crippen LogP contribution in [0.15, 0.2) is 151 Å². The minimum atomic E-state index is -0.667. The first-order chi connectivity index (χ1) is 28.4. The van der Waals surface area contributed by atoms with Crippen molar-refractivity contribution in [3.8, 4) is 0 Å². The van der Waals surface area contributed by atoms with Crippen molar-refractivity contribution >= 4 is 53.7 Å². The van der Waals surface area contributed by atoms with Crippen molar-refractivity contribution in [2.45, 2.75) is 103 Å². The van der Waals surface area contributed by atoms with Crippen molar-refractivity contribution in [2.75, 3.05) is 0 Å². The van der Waals surface area contributed by atoms with E-state index >= 15 is 0 Å². The standard InChI is InChI=1S/C23H18O2.C9H6O2.C8H10.5C2H6.CH4.B4.2Y/c24-17-22(16-19-10-4-1-5-11-19)23(21-14-8-3-9-15-21)25-18-20-12-6-2-7-13-20;10-7-6-9(11)8-4-2-1-3-5-8;1-2-8-6-4-3-5-7-8;5*1-2;;1-4(2)3;;/h1-14H,16,18H2;1-4,6,11H;3-7H,2H2,1H3;5*1-2H3;1H4;;;/q2*-2;;;;;;;;;;. The Balaban J connectivity index is -0.000000136. The van der Waals surface area contributed by atoms with Crippen LogP contribution in [-0.4, -0.2) is 47.3 Å². The number of carbonyl (C=O) groups excluding carboxylic acids is 2. The van der Waals surface area contributed by atoms with Gasteiger partial charge in [0.2, 0.25) is 0 Å². The topological polar surface area (TPSA) is 63.6 Å². The first-order valence-corrected chi connectivity index (χ1v) is 20.2. The molecule has 0 saturated carbocycles. The normalized spacial score (nSPS) is 8.80. The first-order valence-electron chi connectivity index (χ1n) is 20.2. The summed E-state index contributed by atoms with van der Waals surface area (Å²) in [5, 5.41) is 9.09. The fraction of sp³-hybridized carbons (Fsp3) is 0.294. The van der Waals surface area contributed by atoms with Crippen LogP contribution in [0.25, 0.3) is 11.5 Å². The van der Waals surface area contributed by atoms with Gasteiger partial charge in [0.05, 0.1) is 0 Å². The molecule has 0 saturated heterocycles. The Morgan fingerprint density at radius 3 is 1.30 bits per heavy atom. The SMILES string of the molecule is C.CC.CC.CC.CC.CC.CCc1ccccc1.O=[C-]C(Cc1ccccc1)=C(OCc1ccccc1)c1[c-]cccc1.O=[C-]C=C(O)c1[c-]cccc1.[B]B([B])[B].[Y].[Y]. The van der Waals surface area contributed by atoms with E-state index in [1.54, 1.807) is 24.3 Å². The Labute approximate surface area is 428 Å².